The molecule has 0 spiro atoms. The van der Waals surface area contributed by atoms with Gasteiger partial charge in [-0.1, -0.05) is 42.5 Å². The number of nitrogens with zero attached hydrogens (tertiary/aromatic N) is 4. The summed E-state index contributed by atoms with van der Waals surface area (Å²) in [6.45, 7) is 3.93. The largest absolute Gasteiger partial charge is 0.367 e. The number of hydrazone groups is 1. The zero-order valence-electron chi connectivity index (χ0n) is 14.5. The summed E-state index contributed by atoms with van der Waals surface area (Å²) in [5.74, 6) is 0.199. The number of nitrogens with one attached hydrogen (secondary N) is 2. The lowest BCUT2D eigenvalue weighted by molar-refractivity contribution is 0.832. The molecule has 0 radical (unpaired) electrons. The van der Waals surface area contributed by atoms with Crippen molar-refractivity contribution in [2.75, 3.05) is 16.9 Å². The molecule has 7 nitrogen and oxygen atoms in total. The summed E-state index contributed by atoms with van der Waals surface area (Å²) in [6.07, 6.45) is 2.76. The third-order valence-electron chi connectivity index (χ3n) is 3.81. The van der Waals surface area contributed by atoms with Crippen LogP contribution in [0, 0.1) is 0 Å². The van der Waals surface area contributed by atoms with Crippen LogP contribution in [0.5, 0.6) is 0 Å². The highest BCUT2D eigenvalue weighted by molar-refractivity contribution is 5.80. The maximum Gasteiger partial charge on any atom is 0.271 e. The first kappa shape index (κ1) is 17.3. The average Bonchev–Trinajstić information content (AvgIpc) is 2.68. The number of benzene rings is 2. The molecule has 1 heterocycles. The van der Waals surface area contributed by atoms with E-state index in [1.807, 2.05) is 18.2 Å². The van der Waals surface area contributed by atoms with E-state index >= 15 is 0 Å². The fourth-order valence-electron chi connectivity index (χ4n) is 2.49. The Kier molecular flexibility index (Phi) is 5.72. The van der Waals surface area contributed by atoms with Gasteiger partial charge < -0.3 is 4.90 Å². The van der Waals surface area contributed by atoms with Crippen molar-refractivity contribution in [3.8, 4) is 0 Å². The van der Waals surface area contributed by atoms with Gasteiger partial charge in [-0.25, -0.2) is 5.43 Å². The van der Waals surface area contributed by atoms with Gasteiger partial charge in [0.1, 0.15) is 6.20 Å². The molecule has 3 aromatic rings. The molecule has 0 saturated heterocycles. The first-order chi connectivity index (χ1) is 12.7. The van der Waals surface area contributed by atoms with Crippen molar-refractivity contribution in [3.05, 3.63) is 82.3 Å². The highest BCUT2D eigenvalue weighted by Crippen LogP contribution is 2.17. The summed E-state index contributed by atoms with van der Waals surface area (Å²) in [5.41, 5.74) is 5.68. The van der Waals surface area contributed by atoms with E-state index in [1.54, 1.807) is 6.21 Å². The van der Waals surface area contributed by atoms with Crippen LogP contribution in [-0.4, -0.2) is 27.9 Å². The lowest BCUT2D eigenvalue weighted by atomic mass is 10.1. The minimum atomic E-state index is -0.333. The van der Waals surface area contributed by atoms with Crippen molar-refractivity contribution >= 4 is 17.9 Å². The molecule has 0 fully saturated rings. The molecular formula is C19H20N6O. The number of aromatic nitrogens is 3. The Morgan fingerprint density at radius 3 is 2.62 bits per heavy atom. The molecule has 0 aliphatic heterocycles. The standard InChI is InChI=1S/C19H20N6O/c1-2-25(14-16-6-4-3-5-7-16)17-10-8-15(9-11-17)12-20-23-19-22-18(26)13-21-24-19/h3-13H,2,14H2,1H3,(H2,22,23,24,26)/b20-12+. The van der Waals surface area contributed by atoms with Crippen LogP contribution in [0.25, 0.3) is 0 Å². The molecule has 132 valence electrons. The first-order valence-electron chi connectivity index (χ1n) is 8.34. The van der Waals surface area contributed by atoms with Crippen LogP contribution in [0.3, 0.4) is 0 Å². The third kappa shape index (κ3) is 4.76. The summed E-state index contributed by atoms with van der Waals surface area (Å²) in [6, 6.07) is 18.5. The molecular weight excluding hydrogens is 328 g/mol. The van der Waals surface area contributed by atoms with E-state index in [-0.39, 0.29) is 11.5 Å². The Bertz CT molecular complexity index is 905. The zero-order chi connectivity index (χ0) is 18.2. The summed E-state index contributed by atoms with van der Waals surface area (Å²) in [4.78, 5) is 15.9. The normalized spacial score (nSPS) is 10.8. The second kappa shape index (κ2) is 8.57. The lowest BCUT2D eigenvalue weighted by Gasteiger charge is -2.23. The van der Waals surface area contributed by atoms with Crippen molar-refractivity contribution in [2.24, 2.45) is 5.10 Å². The van der Waals surface area contributed by atoms with Crippen LogP contribution in [0.1, 0.15) is 18.1 Å². The Balaban J connectivity index is 1.63. The van der Waals surface area contributed by atoms with Gasteiger partial charge in [0.25, 0.3) is 5.56 Å². The molecule has 2 aromatic carbocycles. The first-order valence-corrected chi connectivity index (χ1v) is 8.34. The number of hydrogen-bond acceptors (Lipinski definition) is 6. The van der Waals surface area contributed by atoms with Crippen LogP contribution in [-0.2, 0) is 6.54 Å². The zero-order valence-corrected chi connectivity index (χ0v) is 14.5. The van der Waals surface area contributed by atoms with Crippen molar-refractivity contribution in [1.82, 2.24) is 15.2 Å². The number of anilines is 2. The minimum absolute atomic E-state index is 0.199. The van der Waals surface area contributed by atoms with Gasteiger partial charge in [-0.15, -0.1) is 10.2 Å². The molecule has 7 heteroatoms. The second-order valence-electron chi connectivity index (χ2n) is 5.64. The molecule has 0 saturated carbocycles. The third-order valence-corrected chi connectivity index (χ3v) is 3.81. The van der Waals surface area contributed by atoms with E-state index in [9.17, 15) is 4.79 Å². The summed E-state index contributed by atoms with van der Waals surface area (Å²) in [7, 11) is 0. The van der Waals surface area contributed by atoms with Crippen molar-refractivity contribution in [3.63, 3.8) is 0 Å². The molecule has 0 amide bonds. The summed E-state index contributed by atoms with van der Waals surface area (Å²) >= 11 is 0. The minimum Gasteiger partial charge on any atom is -0.367 e. The predicted octanol–water partition coefficient (Wildman–Crippen LogP) is 2.64. The van der Waals surface area contributed by atoms with Gasteiger partial charge in [0, 0.05) is 18.8 Å². The smallest absolute Gasteiger partial charge is 0.271 e. The van der Waals surface area contributed by atoms with Gasteiger partial charge in [-0.2, -0.15) is 5.10 Å². The van der Waals surface area contributed by atoms with E-state index in [1.165, 1.54) is 5.56 Å². The van der Waals surface area contributed by atoms with Crippen molar-refractivity contribution < 1.29 is 0 Å². The average molecular weight is 348 g/mol. The maximum atomic E-state index is 11.1. The van der Waals surface area contributed by atoms with Crippen LogP contribution in [0.2, 0.25) is 0 Å². The number of H-pyrrole nitrogens is 1. The van der Waals surface area contributed by atoms with E-state index in [0.29, 0.717) is 0 Å². The SMILES string of the molecule is CCN(Cc1ccccc1)c1ccc(/C=N/Nc2nncc(=O)[nH]2)cc1. The highest BCUT2D eigenvalue weighted by Gasteiger charge is 2.05. The molecule has 0 bridgehead atoms. The van der Waals surface area contributed by atoms with Gasteiger partial charge in [0.05, 0.1) is 6.21 Å². The molecule has 2 N–H and O–H groups in total. The number of aromatic amines is 1. The summed E-state index contributed by atoms with van der Waals surface area (Å²) in [5, 5.41) is 11.3. The monoisotopic (exact) mass is 348 g/mol. The predicted molar refractivity (Wildman–Crippen MR) is 103 cm³/mol. The van der Waals surface area contributed by atoms with Crippen molar-refractivity contribution in [2.45, 2.75) is 13.5 Å². The molecule has 1 aromatic heterocycles. The second-order valence-corrected chi connectivity index (χ2v) is 5.64. The Morgan fingerprint density at radius 1 is 1.15 bits per heavy atom. The van der Waals surface area contributed by atoms with E-state index in [4.69, 9.17) is 0 Å². The van der Waals surface area contributed by atoms with Gasteiger partial charge in [-0.05, 0) is 30.2 Å². The maximum absolute atomic E-state index is 11.1. The van der Waals surface area contributed by atoms with E-state index in [0.717, 1.165) is 30.5 Å². The quantitative estimate of drug-likeness (QED) is 0.506. The van der Waals surface area contributed by atoms with E-state index < -0.39 is 0 Å². The Hall–Kier alpha value is -3.48. The van der Waals surface area contributed by atoms with Crippen LogP contribution < -0.4 is 15.9 Å². The van der Waals surface area contributed by atoms with Crippen LogP contribution >= 0.6 is 0 Å². The Morgan fingerprint density at radius 2 is 1.92 bits per heavy atom. The summed E-state index contributed by atoms with van der Waals surface area (Å²) < 4.78 is 0. The number of hydrogen-bond donors (Lipinski definition) is 2. The van der Waals surface area contributed by atoms with Crippen LogP contribution in [0.4, 0.5) is 11.6 Å². The highest BCUT2D eigenvalue weighted by atomic mass is 16.1. The molecule has 0 atom stereocenters. The Labute approximate surface area is 151 Å². The van der Waals surface area contributed by atoms with Gasteiger partial charge >= 0.3 is 0 Å². The fraction of sp³-hybridized carbons (Fsp3) is 0.158. The van der Waals surface area contributed by atoms with Gasteiger partial charge in [0.15, 0.2) is 0 Å². The van der Waals surface area contributed by atoms with Gasteiger partial charge in [-0.3, -0.25) is 9.78 Å². The van der Waals surface area contributed by atoms with Crippen molar-refractivity contribution in [1.29, 1.82) is 0 Å². The fourth-order valence-corrected chi connectivity index (χ4v) is 2.49. The molecule has 26 heavy (non-hydrogen) atoms. The topological polar surface area (TPSA) is 86.3 Å². The van der Waals surface area contributed by atoms with Crippen LogP contribution in [0.15, 0.2) is 70.7 Å². The molecule has 3 rings (SSSR count). The van der Waals surface area contributed by atoms with Gasteiger partial charge in [0.2, 0.25) is 5.95 Å². The van der Waals surface area contributed by atoms with E-state index in [2.05, 4.69) is 73.9 Å². The number of rotatable bonds is 7. The molecule has 0 aliphatic rings. The molecule has 0 aliphatic carbocycles. The molecule has 0 unspecified atom stereocenters. The lowest BCUT2D eigenvalue weighted by Crippen LogP contribution is -2.21.